The molecule has 1 N–H and O–H groups in total. The minimum absolute atomic E-state index is 0.195. The topological polar surface area (TPSA) is 54.6 Å². The van der Waals surface area contributed by atoms with E-state index in [1.807, 2.05) is 30.3 Å². The molecule has 0 saturated heterocycles. The van der Waals surface area contributed by atoms with E-state index in [1.165, 1.54) is 12.5 Å². The number of carbonyl (C=O) groups excluding carboxylic acids is 1. The Morgan fingerprint density at radius 3 is 2.68 bits per heavy atom. The first-order valence-corrected chi connectivity index (χ1v) is 5.92. The number of nitrogens with zero attached hydrogens (tertiary/aromatic N) is 1. The molecule has 0 spiro atoms. The summed E-state index contributed by atoms with van der Waals surface area (Å²) >= 11 is 5.96. The van der Waals surface area contributed by atoms with Crippen molar-refractivity contribution in [3.63, 3.8) is 0 Å². The van der Waals surface area contributed by atoms with Gasteiger partial charge < -0.3 is 4.42 Å². The molecule has 1 amide bonds. The lowest BCUT2D eigenvalue weighted by atomic mass is 10.2. The van der Waals surface area contributed by atoms with Crippen molar-refractivity contribution in [1.82, 2.24) is 5.43 Å². The molecule has 0 saturated carbocycles. The summed E-state index contributed by atoms with van der Waals surface area (Å²) in [7, 11) is 0. The molecule has 0 aliphatic carbocycles. The molecular weight excluding hydrogens is 264 g/mol. The Morgan fingerprint density at radius 1 is 1.21 bits per heavy atom. The molecule has 1 heterocycles. The number of benzene rings is 1. The highest BCUT2D eigenvalue weighted by atomic mass is 35.5. The van der Waals surface area contributed by atoms with Gasteiger partial charge in [-0.2, -0.15) is 5.10 Å². The number of rotatable bonds is 4. The summed E-state index contributed by atoms with van der Waals surface area (Å²) in [5.41, 5.74) is 3.27. The van der Waals surface area contributed by atoms with Gasteiger partial charge in [-0.05, 0) is 23.8 Å². The van der Waals surface area contributed by atoms with Gasteiger partial charge in [-0.1, -0.05) is 41.9 Å². The van der Waals surface area contributed by atoms with Crippen LogP contribution in [0.15, 0.2) is 63.3 Å². The number of amides is 1. The highest BCUT2D eigenvalue weighted by molar-refractivity contribution is 6.41. The monoisotopic (exact) mass is 274 g/mol. The van der Waals surface area contributed by atoms with Crippen molar-refractivity contribution in [2.45, 2.75) is 0 Å². The largest absolute Gasteiger partial charge is 0.459 e. The fourth-order valence-electron chi connectivity index (χ4n) is 1.36. The molecule has 0 unspecified atom stereocenters. The van der Waals surface area contributed by atoms with Gasteiger partial charge in [0.15, 0.2) is 5.76 Å². The Morgan fingerprint density at radius 2 is 2.00 bits per heavy atom. The van der Waals surface area contributed by atoms with Crippen molar-refractivity contribution < 1.29 is 9.21 Å². The number of allylic oxidation sites excluding steroid dienone is 1. The Labute approximate surface area is 115 Å². The molecule has 0 aliphatic heterocycles. The van der Waals surface area contributed by atoms with E-state index in [0.29, 0.717) is 5.03 Å². The summed E-state index contributed by atoms with van der Waals surface area (Å²) in [5.74, 6) is -0.231. The number of nitrogens with one attached hydrogen (secondary N) is 1. The zero-order chi connectivity index (χ0) is 13.5. The normalized spacial score (nSPS) is 11.7. The van der Waals surface area contributed by atoms with Gasteiger partial charge in [0.05, 0.1) is 17.5 Å². The van der Waals surface area contributed by atoms with E-state index in [-0.39, 0.29) is 5.76 Å². The van der Waals surface area contributed by atoms with Crippen LogP contribution < -0.4 is 5.43 Å². The van der Waals surface area contributed by atoms with Crippen LogP contribution in [0.3, 0.4) is 0 Å². The van der Waals surface area contributed by atoms with Crippen molar-refractivity contribution >= 4 is 29.8 Å². The summed E-state index contributed by atoms with van der Waals surface area (Å²) < 4.78 is 4.91. The predicted octanol–water partition coefficient (Wildman–Crippen LogP) is 3.28. The number of carbonyl (C=O) groups is 1. The van der Waals surface area contributed by atoms with Crippen LogP contribution in [0.25, 0.3) is 6.08 Å². The lowest BCUT2D eigenvalue weighted by molar-refractivity contribution is 0.0927. The average molecular weight is 275 g/mol. The second-order valence-corrected chi connectivity index (χ2v) is 4.05. The van der Waals surface area contributed by atoms with E-state index >= 15 is 0 Å². The number of hydrazone groups is 1. The summed E-state index contributed by atoms with van der Waals surface area (Å²) in [5, 5.41) is 4.15. The van der Waals surface area contributed by atoms with E-state index in [1.54, 1.807) is 18.2 Å². The van der Waals surface area contributed by atoms with Gasteiger partial charge in [-0.25, -0.2) is 5.43 Å². The van der Waals surface area contributed by atoms with Crippen LogP contribution in [0.4, 0.5) is 0 Å². The van der Waals surface area contributed by atoms with Crippen molar-refractivity contribution in [2.24, 2.45) is 5.10 Å². The molecule has 0 radical (unpaired) electrons. The fraction of sp³-hybridized carbons (Fsp3) is 0. The Kier molecular flexibility index (Phi) is 4.53. The van der Waals surface area contributed by atoms with Gasteiger partial charge in [0.1, 0.15) is 0 Å². The van der Waals surface area contributed by atoms with Crippen LogP contribution in [-0.4, -0.2) is 12.1 Å². The van der Waals surface area contributed by atoms with E-state index < -0.39 is 5.91 Å². The molecule has 2 rings (SSSR count). The molecule has 96 valence electrons. The Bertz CT molecular complexity index is 589. The van der Waals surface area contributed by atoms with Crippen LogP contribution in [0, 0.1) is 0 Å². The Hall–Kier alpha value is -2.33. The van der Waals surface area contributed by atoms with Gasteiger partial charge in [-0.15, -0.1) is 0 Å². The lowest BCUT2D eigenvalue weighted by Gasteiger charge is -1.95. The van der Waals surface area contributed by atoms with Gasteiger partial charge in [0.25, 0.3) is 0 Å². The van der Waals surface area contributed by atoms with Crippen LogP contribution in [0.5, 0.6) is 0 Å². The molecule has 4 nitrogen and oxygen atoms in total. The highest BCUT2D eigenvalue weighted by Gasteiger charge is 2.05. The number of furan rings is 1. The molecule has 19 heavy (non-hydrogen) atoms. The molecule has 0 aliphatic rings. The van der Waals surface area contributed by atoms with Gasteiger partial charge in [0.2, 0.25) is 0 Å². The first-order valence-electron chi connectivity index (χ1n) is 5.55. The van der Waals surface area contributed by atoms with E-state index in [9.17, 15) is 4.79 Å². The highest BCUT2D eigenvalue weighted by Crippen LogP contribution is 2.07. The smallest absolute Gasteiger partial charge is 0.307 e. The minimum atomic E-state index is -0.426. The first kappa shape index (κ1) is 13.1. The Balaban J connectivity index is 1.92. The van der Waals surface area contributed by atoms with Crippen LogP contribution in [0.1, 0.15) is 16.1 Å². The third-order valence-electron chi connectivity index (χ3n) is 2.20. The van der Waals surface area contributed by atoms with Crippen molar-refractivity contribution in [2.75, 3.05) is 0 Å². The molecule has 2 aromatic rings. The number of hydrogen-bond acceptors (Lipinski definition) is 3. The lowest BCUT2D eigenvalue weighted by Crippen LogP contribution is -2.16. The van der Waals surface area contributed by atoms with E-state index in [2.05, 4.69) is 10.5 Å². The van der Waals surface area contributed by atoms with Gasteiger partial charge in [-0.3, -0.25) is 4.79 Å². The van der Waals surface area contributed by atoms with Crippen LogP contribution in [-0.2, 0) is 0 Å². The van der Waals surface area contributed by atoms with Crippen molar-refractivity contribution in [3.8, 4) is 0 Å². The molecule has 0 fully saturated rings. The molecule has 0 atom stereocenters. The third-order valence-corrected chi connectivity index (χ3v) is 2.41. The maximum atomic E-state index is 11.5. The molecular formula is C14H11ClN2O2. The van der Waals surface area contributed by atoms with Crippen molar-refractivity contribution in [3.05, 3.63) is 65.1 Å². The second-order valence-electron chi connectivity index (χ2n) is 3.62. The maximum absolute atomic E-state index is 11.5. The molecule has 5 heteroatoms. The quantitative estimate of drug-likeness (QED) is 0.687. The zero-order valence-electron chi connectivity index (χ0n) is 9.92. The van der Waals surface area contributed by atoms with Crippen LogP contribution in [0.2, 0.25) is 0 Å². The SMILES string of the molecule is O=C(N/N=C\C(Cl)=C/c1ccccc1)c1ccco1. The third kappa shape index (κ3) is 4.12. The number of halogens is 1. The summed E-state index contributed by atoms with van der Waals surface area (Å²) in [6.45, 7) is 0. The molecule has 1 aromatic heterocycles. The first-order chi connectivity index (χ1) is 9.25. The minimum Gasteiger partial charge on any atom is -0.459 e. The standard InChI is InChI=1S/C14H11ClN2O2/c15-12(9-11-5-2-1-3-6-11)10-16-17-14(18)13-7-4-8-19-13/h1-10H,(H,17,18)/b12-9+,16-10-. The van der Waals surface area contributed by atoms with E-state index in [0.717, 1.165) is 5.56 Å². The summed E-state index contributed by atoms with van der Waals surface area (Å²) in [6, 6.07) is 12.7. The number of hydrogen-bond donors (Lipinski definition) is 1. The zero-order valence-corrected chi connectivity index (χ0v) is 10.7. The average Bonchev–Trinajstić information content (AvgIpc) is 2.93. The molecule has 0 bridgehead atoms. The van der Waals surface area contributed by atoms with E-state index in [4.69, 9.17) is 16.0 Å². The fourth-order valence-corrected chi connectivity index (χ4v) is 1.54. The molecule has 1 aromatic carbocycles. The van der Waals surface area contributed by atoms with Gasteiger partial charge >= 0.3 is 5.91 Å². The summed E-state index contributed by atoms with van der Waals surface area (Å²) in [6.07, 6.45) is 4.51. The maximum Gasteiger partial charge on any atom is 0.307 e. The predicted molar refractivity (Wildman–Crippen MR) is 74.9 cm³/mol. The second kappa shape index (κ2) is 6.56. The summed E-state index contributed by atoms with van der Waals surface area (Å²) in [4.78, 5) is 11.5. The van der Waals surface area contributed by atoms with Crippen LogP contribution >= 0.6 is 11.6 Å². The van der Waals surface area contributed by atoms with Gasteiger partial charge in [0, 0.05) is 0 Å². The van der Waals surface area contributed by atoms with Crippen molar-refractivity contribution in [1.29, 1.82) is 0 Å².